The lowest BCUT2D eigenvalue weighted by molar-refractivity contribution is -0.133. The van der Waals surface area contributed by atoms with Crippen molar-refractivity contribution in [3.8, 4) is 0 Å². The van der Waals surface area contributed by atoms with Crippen LogP contribution < -0.4 is 43.8 Å². The van der Waals surface area contributed by atoms with E-state index >= 15 is 0 Å². The number of unbranched alkanes of at least 4 members (excludes halogenated alkanes) is 14. The van der Waals surface area contributed by atoms with Gasteiger partial charge in [-0.15, -0.1) is 0 Å². The molecular weight excluding hydrogens is 644 g/mol. The molecule has 0 radical (unpaired) electrons. The molecule has 0 bridgehead atoms. The van der Waals surface area contributed by atoms with Crippen molar-refractivity contribution >= 4 is 23.6 Å². The Bertz CT molecular complexity index is 876. The maximum absolute atomic E-state index is 13.6. The fraction of sp³-hybridized carbons (Fsp3) is 0.897. The maximum atomic E-state index is 13.6. The molecule has 300 valence electrons. The van der Waals surface area contributed by atoms with E-state index in [1.165, 1.54) is 44.9 Å². The monoisotopic (exact) mass is 725 g/mol. The summed E-state index contributed by atoms with van der Waals surface area (Å²) in [7, 11) is 0. The Labute approximate surface area is 311 Å². The van der Waals surface area contributed by atoms with Gasteiger partial charge in [0.05, 0.1) is 6.04 Å². The molecule has 12 heteroatoms. The summed E-state index contributed by atoms with van der Waals surface area (Å²) in [4.78, 5) is 52.3. The Kier molecular flexibility index (Phi) is 33.2. The van der Waals surface area contributed by atoms with Crippen LogP contribution >= 0.6 is 0 Å². The van der Waals surface area contributed by atoms with Crippen LogP contribution in [0.15, 0.2) is 0 Å². The molecule has 3 atom stereocenters. The third kappa shape index (κ3) is 28.9. The van der Waals surface area contributed by atoms with Crippen LogP contribution in [0.4, 0.5) is 0 Å². The first-order valence-corrected chi connectivity index (χ1v) is 20.7. The third-order valence-corrected chi connectivity index (χ3v) is 9.19. The molecular formula is C39H80N8O4. The molecule has 12 nitrogen and oxygen atoms in total. The number of carbonyl (C=O) groups excluding carboxylic acids is 4. The fourth-order valence-electron chi connectivity index (χ4n) is 6.10. The highest BCUT2D eigenvalue weighted by atomic mass is 16.2. The van der Waals surface area contributed by atoms with Gasteiger partial charge in [-0.1, -0.05) is 91.4 Å². The average Bonchev–Trinajstić information content (AvgIpc) is 3.10. The Balaban J connectivity index is 4.72. The van der Waals surface area contributed by atoms with E-state index in [0.29, 0.717) is 71.2 Å². The summed E-state index contributed by atoms with van der Waals surface area (Å²) < 4.78 is 0. The Morgan fingerprint density at radius 2 is 0.882 bits per heavy atom. The van der Waals surface area contributed by atoms with Crippen LogP contribution in [0, 0.1) is 0 Å². The highest BCUT2D eigenvalue weighted by Crippen LogP contribution is 2.11. The van der Waals surface area contributed by atoms with Gasteiger partial charge in [-0.25, -0.2) is 0 Å². The zero-order valence-corrected chi connectivity index (χ0v) is 33.0. The van der Waals surface area contributed by atoms with Crippen LogP contribution in [0.3, 0.4) is 0 Å². The molecule has 3 unspecified atom stereocenters. The molecule has 0 aromatic carbocycles. The van der Waals surface area contributed by atoms with Crippen molar-refractivity contribution in [3.05, 3.63) is 0 Å². The quantitative estimate of drug-likeness (QED) is 0.0433. The zero-order valence-electron chi connectivity index (χ0n) is 33.0. The van der Waals surface area contributed by atoms with E-state index in [1.54, 1.807) is 0 Å². The summed E-state index contributed by atoms with van der Waals surface area (Å²) in [5.74, 6) is -0.671. The average molecular weight is 725 g/mol. The van der Waals surface area contributed by atoms with Gasteiger partial charge in [0.15, 0.2) is 0 Å². The van der Waals surface area contributed by atoms with Crippen molar-refractivity contribution in [1.82, 2.24) is 26.6 Å². The molecule has 0 spiro atoms. The molecule has 0 saturated heterocycles. The minimum Gasteiger partial charge on any atom is -0.356 e. The molecule has 0 aliphatic rings. The predicted octanol–water partition coefficient (Wildman–Crippen LogP) is 4.42. The van der Waals surface area contributed by atoms with Crippen molar-refractivity contribution in [3.63, 3.8) is 0 Å². The summed E-state index contributed by atoms with van der Waals surface area (Å²) in [6, 6.07) is -1.83. The van der Waals surface area contributed by atoms with Gasteiger partial charge in [0.25, 0.3) is 0 Å². The SMILES string of the molecule is CCCCCCCCCCCC(=O)NCCCCCCNC(=O)C(CCCCN)NC(=O)C(CCCCN)NC(=O)C(CCCCN)NC(C)C. The molecule has 51 heavy (non-hydrogen) atoms. The second-order valence-corrected chi connectivity index (χ2v) is 14.5. The first-order chi connectivity index (χ1) is 24.7. The van der Waals surface area contributed by atoms with Gasteiger partial charge in [-0.2, -0.15) is 0 Å². The number of nitrogens with one attached hydrogen (secondary N) is 5. The zero-order chi connectivity index (χ0) is 38.0. The van der Waals surface area contributed by atoms with Gasteiger partial charge in [-0.05, 0) is 90.3 Å². The fourth-order valence-corrected chi connectivity index (χ4v) is 6.10. The molecule has 11 N–H and O–H groups in total. The Hall–Kier alpha value is -2.28. The maximum Gasteiger partial charge on any atom is 0.243 e. The first-order valence-electron chi connectivity index (χ1n) is 20.7. The Morgan fingerprint density at radius 3 is 1.37 bits per heavy atom. The van der Waals surface area contributed by atoms with Gasteiger partial charge < -0.3 is 43.8 Å². The van der Waals surface area contributed by atoms with Crippen LogP contribution in [0.5, 0.6) is 0 Å². The molecule has 0 aliphatic heterocycles. The van der Waals surface area contributed by atoms with Crippen LogP contribution in [-0.2, 0) is 19.2 Å². The van der Waals surface area contributed by atoms with E-state index in [-0.39, 0.29) is 29.7 Å². The predicted molar refractivity (Wildman–Crippen MR) is 211 cm³/mol. The number of nitrogens with two attached hydrogens (primary N) is 3. The highest BCUT2D eigenvalue weighted by Gasteiger charge is 2.28. The lowest BCUT2D eigenvalue weighted by atomic mass is 10.0. The molecule has 0 aliphatic carbocycles. The standard InChI is InChI=1S/C39H80N8O4/c1-4-5-6-7-8-9-10-11-14-26-36(48)43-30-21-12-13-22-31-44-37(49)33(23-15-18-27-40)46-39(51)35(25-17-20-29-42)47-38(50)34(45-32(2)3)24-16-19-28-41/h32-35,45H,4-31,40-42H2,1-3H3,(H,43,48)(H,44,49)(H,46,51)(H,47,50). The highest BCUT2D eigenvalue weighted by molar-refractivity contribution is 5.93. The number of hydrogen-bond acceptors (Lipinski definition) is 8. The van der Waals surface area contributed by atoms with Crippen molar-refractivity contribution in [1.29, 1.82) is 0 Å². The summed E-state index contributed by atoms with van der Waals surface area (Å²) in [6.45, 7) is 8.97. The summed E-state index contributed by atoms with van der Waals surface area (Å²) >= 11 is 0. The van der Waals surface area contributed by atoms with Crippen molar-refractivity contribution in [2.75, 3.05) is 32.7 Å². The lowest BCUT2D eigenvalue weighted by Crippen LogP contribution is -2.56. The van der Waals surface area contributed by atoms with Gasteiger partial charge in [0, 0.05) is 25.6 Å². The molecule has 0 fully saturated rings. The van der Waals surface area contributed by atoms with Gasteiger partial charge in [-0.3, -0.25) is 19.2 Å². The smallest absolute Gasteiger partial charge is 0.243 e. The van der Waals surface area contributed by atoms with E-state index in [9.17, 15) is 19.2 Å². The summed E-state index contributed by atoms with van der Waals surface area (Å²) in [6.07, 6.45) is 21.4. The number of amides is 4. The topological polar surface area (TPSA) is 206 Å². The van der Waals surface area contributed by atoms with Crippen LogP contribution in [0.25, 0.3) is 0 Å². The molecule has 0 saturated carbocycles. The number of rotatable bonds is 36. The first kappa shape index (κ1) is 48.7. The van der Waals surface area contributed by atoms with Gasteiger partial charge >= 0.3 is 0 Å². The third-order valence-electron chi connectivity index (χ3n) is 9.19. The van der Waals surface area contributed by atoms with E-state index in [1.807, 2.05) is 13.8 Å². The van der Waals surface area contributed by atoms with Crippen molar-refractivity contribution < 1.29 is 19.2 Å². The largest absolute Gasteiger partial charge is 0.356 e. The number of carbonyl (C=O) groups is 4. The normalized spacial score (nSPS) is 13.1. The van der Waals surface area contributed by atoms with Crippen LogP contribution in [0.1, 0.15) is 168 Å². The van der Waals surface area contributed by atoms with Crippen molar-refractivity contribution in [2.45, 2.75) is 193 Å². The molecule has 0 heterocycles. The summed E-state index contributed by atoms with van der Waals surface area (Å²) in [5.41, 5.74) is 17.1. The minimum atomic E-state index is -0.773. The van der Waals surface area contributed by atoms with Crippen molar-refractivity contribution in [2.24, 2.45) is 17.2 Å². The molecule has 0 aromatic rings. The molecule has 0 rings (SSSR count). The van der Waals surface area contributed by atoms with Crippen LogP contribution in [0.2, 0.25) is 0 Å². The molecule has 0 aromatic heterocycles. The number of hydrogen-bond donors (Lipinski definition) is 8. The van der Waals surface area contributed by atoms with E-state index in [2.05, 4.69) is 33.5 Å². The Morgan fingerprint density at radius 1 is 0.471 bits per heavy atom. The van der Waals surface area contributed by atoms with E-state index in [0.717, 1.165) is 64.2 Å². The van der Waals surface area contributed by atoms with E-state index < -0.39 is 18.1 Å². The van der Waals surface area contributed by atoms with E-state index in [4.69, 9.17) is 17.2 Å². The second kappa shape index (κ2) is 34.8. The van der Waals surface area contributed by atoms with Gasteiger partial charge in [0.2, 0.25) is 23.6 Å². The van der Waals surface area contributed by atoms with Gasteiger partial charge in [0.1, 0.15) is 12.1 Å². The molecule has 4 amide bonds. The van der Waals surface area contributed by atoms with Crippen LogP contribution in [-0.4, -0.2) is 80.5 Å². The minimum absolute atomic E-state index is 0.0962. The summed E-state index contributed by atoms with van der Waals surface area (Å²) in [5, 5.41) is 15.2. The second-order valence-electron chi connectivity index (χ2n) is 14.5. The lowest BCUT2D eigenvalue weighted by Gasteiger charge is -2.26.